The smallest absolute Gasteiger partial charge is 0.187 e. The topological polar surface area (TPSA) is 117 Å². The third kappa shape index (κ3) is 7.73. The third-order valence-electron chi connectivity index (χ3n) is 11.5. The Morgan fingerprint density at radius 1 is 0.603 bits per heavy atom. The van der Waals surface area contributed by atoms with Crippen LogP contribution >= 0.6 is 11.6 Å². The molecule has 306 valence electrons. The van der Waals surface area contributed by atoms with Crippen LogP contribution in [-0.2, 0) is 25.9 Å². The van der Waals surface area contributed by atoms with Crippen LogP contribution in [0.25, 0.3) is 55.2 Å². The quantitative estimate of drug-likeness (QED) is 0.0822. The van der Waals surface area contributed by atoms with Gasteiger partial charge in [-0.15, -0.1) is 0 Å². The second-order valence-electron chi connectivity index (χ2n) is 15.6. The zero-order valence-corrected chi connectivity index (χ0v) is 34.7. The molecule has 0 radical (unpaired) electrons. The van der Waals surface area contributed by atoms with Gasteiger partial charge < -0.3 is 20.2 Å². The number of anilines is 2. The summed E-state index contributed by atoms with van der Waals surface area (Å²) in [6.45, 7) is 0.192. The average molecular weight is 843 g/mol. The molecule has 1 aliphatic heterocycles. The maximum absolute atomic E-state index is 14.0. The molecular weight excluding hydrogens is 804 g/mol. The molecule has 0 atom stereocenters. The van der Waals surface area contributed by atoms with Crippen molar-refractivity contribution in [3.8, 4) is 28.2 Å². The number of rotatable bonds is 12. The minimum absolute atomic E-state index is 0.0913. The zero-order chi connectivity index (χ0) is 42.9. The Morgan fingerprint density at radius 3 is 1.78 bits per heavy atom. The first kappa shape index (κ1) is 39.3. The molecule has 3 heterocycles. The van der Waals surface area contributed by atoms with E-state index in [1.807, 2.05) is 97.1 Å². The van der Waals surface area contributed by atoms with Crippen molar-refractivity contribution in [2.24, 2.45) is 0 Å². The number of benzene rings is 7. The lowest BCUT2D eigenvalue weighted by atomic mass is 9.88. The summed E-state index contributed by atoms with van der Waals surface area (Å²) in [7, 11) is 0. The fourth-order valence-corrected chi connectivity index (χ4v) is 8.65. The number of nitrogens with zero attached hydrogens (tertiary/aromatic N) is 2. The number of hydrogen-bond donors (Lipinski definition) is 3. The van der Waals surface area contributed by atoms with Gasteiger partial charge in [0.25, 0.3) is 0 Å². The number of hydrogen-bond acceptors (Lipinski definition) is 8. The zero-order valence-electron chi connectivity index (χ0n) is 33.9. The predicted octanol–water partition coefficient (Wildman–Crippen LogP) is 12.2. The molecule has 6 aromatic carbocycles. The molecule has 0 unspecified atom stereocenters. The van der Waals surface area contributed by atoms with Crippen LogP contribution in [0.1, 0.15) is 44.0 Å². The minimum atomic E-state index is -0.239. The van der Waals surface area contributed by atoms with Crippen LogP contribution in [0.4, 0.5) is 11.4 Å². The van der Waals surface area contributed by atoms with Gasteiger partial charge in [0.1, 0.15) is 17.1 Å². The number of halogens is 1. The summed E-state index contributed by atoms with van der Waals surface area (Å²) in [6.07, 6.45) is 2.16. The SMILES string of the molecule is O=Cc1ccccc1-c1c2ccc(=O)c(CNc3cccc4ccc(Cc5ccccc5)nc34)c-2oc2c(CNc3cccc4ccc(Cc5ccccc5)nc34)c(O)c(Cl)cc12. The largest absolute Gasteiger partial charge is 0.506 e. The first-order chi connectivity index (χ1) is 30.9. The van der Waals surface area contributed by atoms with Gasteiger partial charge in [0.15, 0.2) is 11.7 Å². The summed E-state index contributed by atoms with van der Waals surface area (Å²) in [5.41, 5.74) is 10.4. The molecule has 63 heavy (non-hydrogen) atoms. The van der Waals surface area contributed by atoms with Gasteiger partial charge in [-0.25, -0.2) is 0 Å². The number of phenolic OH excluding ortho intramolecular Hbond substituents is 1. The molecule has 3 N–H and O–H groups in total. The Bertz CT molecular complexity index is 3370. The number of aromatic nitrogens is 2. The van der Waals surface area contributed by atoms with Crippen LogP contribution in [0.15, 0.2) is 173 Å². The highest BCUT2D eigenvalue weighted by Gasteiger charge is 2.27. The monoisotopic (exact) mass is 842 g/mol. The maximum atomic E-state index is 14.0. The number of nitrogens with one attached hydrogen (secondary N) is 2. The Hall–Kier alpha value is -7.81. The van der Waals surface area contributed by atoms with Crippen molar-refractivity contribution < 1.29 is 14.3 Å². The summed E-state index contributed by atoms with van der Waals surface area (Å²) in [5, 5.41) is 21.3. The number of aldehydes is 1. The number of aromatic hydroxyl groups is 1. The molecule has 0 spiro atoms. The molecule has 0 saturated carbocycles. The normalized spacial score (nSPS) is 11.4. The van der Waals surface area contributed by atoms with E-state index in [-0.39, 0.29) is 29.3 Å². The van der Waals surface area contributed by atoms with E-state index < -0.39 is 0 Å². The summed E-state index contributed by atoms with van der Waals surface area (Å²) >= 11 is 6.86. The Morgan fingerprint density at radius 2 is 1.17 bits per heavy atom. The summed E-state index contributed by atoms with van der Waals surface area (Å²) in [5.74, 6) is 0.148. The van der Waals surface area contributed by atoms with Crippen LogP contribution in [0.5, 0.6) is 5.75 Å². The molecule has 1 aliphatic carbocycles. The van der Waals surface area contributed by atoms with Crippen molar-refractivity contribution in [3.63, 3.8) is 0 Å². The van der Waals surface area contributed by atoms with Crippen LogP contribution in [0.3, 0.4) is 0 Å². The molecule has 9 heteroatoms. The summed E-state index contributed by atoms with van der Waals surface area (Å²) < 4.78 is 6.87. The number of phenols is 1. The molecule has 2 aromatic heterocycles. The van der Waals surface area contributed by atoms with Crippen LogP contribution in [0, 0.1) is 0 Å². The fourth-order valence-electron chi connectivity index (χ4n) is 8.43. The first-order valence-electron chi connectivity index (χ1n) is 20.7. The van der Waals surface area contributed by atoms with Crippen molar-refractivity contribution in [1.29, 1.82) is 0 Å². The lowest BCUT2D eigenvalue weighted by Crippen LogP contribution is -2.15. The third-order valence-corrected chi connectivity index (χ3v) is 11.8. The van der Waals surface area contributed by atoms with Crippen LogP contribution in [0.2, 0.25) is 5.02 Å². The summed E-state index contributed by atoms with van der Waals surface area (Å²) in [4.78, 5) is 36.7. The molecule has 10 rings (SSSR count). The van der Waals surface area contributed by atoms with Gasteiger partial charge in [-0.05, 0) is 59.2 Å². The van der Waals surface area contributed by atoms with Gasteiger partial charge in [0.2, 0.25) is 0 Å². The van der Waals surface area contributed by atoms with E-state index in [1.54, 1.807) is 24.3 Å². The number of fused-ring (bicyclic) bond motifs is 4. The number of carbonyl (C=O) groups is 1. The summed E-state index contributed by atoms with van der Waals surface area (Å²) in [6, 6.07) is 52.6. The van der Waals surface area contributed by atoms with E-state index in [2.05, 4.69) is 47.0 Å². The van der Waals surface area contributed by atoms with Crippen LogP contribution < -0.4 is 16.1 Å². The average Bonchev–Trinajstić information content (AvgIpc) is 3.31. The van der Waals surface area contributed by atoms with Crippen molar-refractivity contribution >= 4 is 62.0 Å². The van der Waals surface area contributed by atoms with E-state index in [1.165, 1.54) is 6.07 Å². The van der Waals surface area contributed by atoms with Gasteiger partial charge in [-0.3, -0.25) is 19.6 Å². The van der Waals surface area contributed by atoms with Gasteiger partial charge in [0.05, 0.1) is 38.6 Å². The number of carbonyl (C=O) groups excluding carboxylic acids is 1. The lowest BCUT2D eigenvalue weighted by Gasteiger charge is -2.21. The van der Waals surface area contributed by atoms with Gasteiger partial charge in [-0.2, -0.15) is 0 Å². The number of para-hydroxylation sites is 2. The Balaban J connectivity index is 1.08. The second-order valence-corrected chi connectivity index (χ2v) is 16.0. The molecular formula is C54H39ClN4O4. The molecule has 2 aliphatic rings. The lowest BCUT2D eigenvalue weighted by molar-refractivity contribution is 0.112. The molecule has 8 nitrogen and oxygen atoms in total. The predicted molar refractivity (Wildman–Crippen MR) is 253 cm³/mol. The van der Waals surface area contributed by atoms with Crippen LogP contribution in [-0.4, -0.2) is 21.4 Å². The molecule has 8 aromatic rings. The highest BCUT2D eigenvalue weighted by Crippen LogP contribution is 2.47. The van der Waals surface area contributed by atoms with Gasteiger partial charge in [0, 0.05) is 70.2 Å². The van der Waals surface area contributed by atoms with Crippen molar-refractivity contribution in [2.45, 2.75) is 25.9 Å². The number of pyridine rings is 2. The Labute approximate surface area is 367 Å². The van der Waals surface area contributed by atoms with E-state index >= 15 is 0 Å². The van der Waals surface area contributed by atoms with Crippen molar-refractivity contribution in [1.82, 2.24) is 9.97 Å². The fraction of sp³-hybridized carbons (Fsp3) is 0.0741. The minimum Gasteiger partial charge on any atom is -0.506 e. The Kier molecular flexibility index (Phi) is 10.6. The van der Waals surface area contributed by atoms with E-state index in [4.69, 9.17) is 26.0 Å². The molecule has 0 amide bonds. The molecule has 0 bridgehead atoms. The standard InChI is InChI=1S/C54H39ClN4O4/c55-45-29-42-49(40-18-8-7-15-37(40)32-60)41-25-26-48(61)43(30-56-46-19-9-16-35-21-23-38(58-50(35)46)27-33-11-3-1-4-12-33)53(41)63-54(42)44(52(45)62)31-57-47-20-10-17-36-22-24-39(59-51(36)47)28-34-13-5-2-6-14-34/h1-26,29,32,56-57,62H,27-28,30-31H2. The van der Waals surface area contributed by atoms with E-state index in [0.29, 0.717) is 63.0 Å². The van der Waals surface area contributed by atoms with E-state index in [0.717, 1.165) is 62.0 Å². The molecule has 0 fully saturated rings. The highest BCUT2D eigenvalue weighted by molar-refractivity contribution is 6.33. The maximum Gasteiger partial charge on any atom is 0.187 e. The van der Waals surface area contributed by atoms with E-state index in [9.17, 15) is 14.7 Å². The van der Waals surface area contributed by atoms with Crippen molar-refractivity contribution in [2.75, 3.05) is 10.6 Å². The highest BCUT2D eigenvalue weighted by atomic mass is 35.5. The molecule has 0 saturated heterocycles. The second kappa shape index (κ2) is 16.9. The van der Waals surface area contributed by atoms with Crippen molar-refractivity contribution in [3.05, 3.63) is 218 Å². The van der Waals surface area contributed by atoms with Gasteiger partial charge in [-0.1, -0.05) is 133 Å². The first-order valence-corrected chi connectivity index (χ1v) is 21.1. The van der Waals surface area contributed by atoms with Gasteiger partial charge >= 0.3 is 0 Å².